The Morgan fingerprint density at radius 1 is 1.05 bits per heavy atom. The first kappa shape index (κ1) is 25.7. The molecule has 2 saturated heterocycles. The summed E-state index contributed by atoms with van der Waals surface area (Å²) < 4.78 is 0. The maximum absolute atomic E-state index is 14.3. The Bertz CT molecular complexity index is 1450. The molecule has 8 nitrogen and oxygen atoms in total. The summed E-state index contributed by atoms with van der Waals surface area (Å²) in [7, 11) is 1.55. The number of carboxylic acids is 1. The quantitative estimate of drug-likeness (QED) is 0.453. The van der Waals surface area contributed by atoms with Crippen molar-refractivity contribution in [3.63, 3.8) is 0 Å². The van der Waals surface area contributed by atoms with E-state index in [0.717, 1.165) is 4.90 Å². The summed E-state index contributed by atoms with van der Waals surface area (Å²) in [5.74, 6) is -2.15. The molecule has 3 aromatic carbocycles. The molecule has 3 aromatic rings. The number of anilines is 1. The van der Waals surface area contributed by atoms with Crippen molar-refractivity contribution in [3.05, 3.63) is 99.5 Å². The lowest BCUT2D eigenvalue weighted by molar-refractivity contribution is -0.143. The van der Waals surface area contributed by atoms with Gasteiger partial charge < -0.3 is 10.0 Å². The molecular formula is C28H22Cl2N4O4. The third-order valence-electron chi connectivity index (χ3n) is 7.35. The minimum absolute atomic E-state index is 0.0185. The second-order valence-corrected chi connectivity index (χ2v) is 10.3. The van der Waals surface area contributed by atoms with Crippen molar-refractivity contribution in [2.45, 2.75) is 17.5 Å². The summed E-state index contributed by atoms with van der Waals surface area (Å²) in [6.07, 6.45) is 0. The Kier molecular flexibility index (Phi) is 6.61. The Morgan fingerprint density at radius 3 is 2.26 bits per heavy atom. The van der Waals surface area contributed by atoms with Crippen LogP contribution in [0.4, 0.5) is 10.5 Å². The van der Waals surface area contributed by atoms with Gasteiger partial charge >= 0.3 is 12.0 Å². The van der Waals surface area contributed by atoms with Crippen LogP contribution >= 0.6 is 23.2 Å². The van der Waals surface area contributed by atoms with Crippen molar-refractivity contribution in [2.24, 2.45) is 0 Å². The number of rotatable bonds is 5. The van der Waals surface area contributed by atoms with Gasteiger partial charge in [0.2, 0.25) is 0 Å². The topological polar surface area (TPSA) is 105 Å². The van der Waals surface area contributed by atoms with Crippen molar-refractivity contribution in [3.8, 4) is 6.07 Å². The number of hydrogen-bond donors (Lipinski definition) is 1. The minimum Gasteiger partial charge on any atom is -0.480 e. The molecule has 0 saturated carbocycles. The number of hydrogen-bond acceptors (Lipinski definition) is 5. The Labute approximate surface area is 229 Å². The van der Waals surface area contributed by atoms with Crippen LogP contribution in [0.2, 0.25) is 10.0 Å². The summed E-state index contributed by atoms with van der Waals surface area (Å²) in [6, 6.07) is 20.5. The molecule has 2 aliphatic heterocycles. The predicted molar refractivity (Wildman–Crippen MR) is 142 cm³/mol. The Hall–Kier alpha value is -3.90. The molecule has 38 heavy (non-hydrogen) atoms. The minimum atomic E-state index is -1.41. The summed E-state index contributed by atoms with van der Waals surface area (Å²) in [5, 5.41) is 20.0. The van der Waals surface area contributed by atoms with E-state index in [9.17, 15) is 24.8 Å². The molecule has 0 aromatic heterocycles. The van der Waals surface area contributed by atoms with E-state index in [0.29, 0.717) is 16.7 Å². The predicted octanol–water partition coefficient (Wildman–Crippen LogP) is 4.93. The van der Waals surface area contributed by atoms with E-state index in [1.165, 1.54) is 23.1 Å². The van der Waals surface area contributed by atoms with Gasteiger partial charge in [0.25, 0.3) is 5.91 Å². The highest BCUT2D eigenvalue weighted by molar-refractivity contribution is 6.35. The van der Waals surface area contributed by atoms with E-state index >= 15 is 0 Å². The number of amides is 3. The molecule has 1 spiro atoms. The Balaban J connectivity index is 1.65. The van der Waals surface area contributed by atoms with E-state index in [1.807, 2.05) is 0 Å². The zero-order valence-corrected chi connectivity index (χ0v) is 21.7. The first-order chi connectivity index (χ1) is 18.2. The molecule has 0 aliphatic carbocycles. The number of likely N-dealkylation sites (tertiary alicyclic amines) is 1. The van der Waals surface area contributed by atoms with E-state index in [4.69, 9.17) is 23.2 Å². The van der Waals surface area contributed by atoms with Gasteiger partial charge in [-0.3, -0.25) is 14.5 Å². The maximum atomic E-state index is 14.3. The van der Waals surface area contributed by atoms with Crippen LogP contribution in [-0.2, 0) is 9.59 Å². The third-order valence-corrected chi connectivity index (χ3v) is 7.79. The number of benzene rings is 3. The number of carbonyl (C=O) groups is 3. The zero-order valence-electron chi connectivity index (χ0n) is 20.2. The number of likely N-dealkylation sites (N-methyl/N-ethyl adjacent to an activating group) is 1. The van der Waals surface area contributed by atoms with Crippen LogP contribution in [0.3, 0.4) is 0 Å². The van der Waals surface area contributed by atoms with E-state index in [1.54, 1.807) is 66.5 Å². The number of imide groups is 1. The molecule has 3 atom stereocenters. The van der Waals surface area contributed by atoms with E-state index < -0.39 is 35.4 Å². The number of carbonyl (C=O) groups excluding carboxylic acids is 2. The Morgan fingerprint density at radius 2 is 1.68 bits per heavy atom. The van der Waals surface area contributed by atoms with Crippen LogP contribution in [0.15, 0.2) is 72.8 Å². The largest absolute Gasteiger partial charge is 0.480 e. The molecule has 3 unspecified atom stereocenters. The lowest BCUT2D eigenvalue weighted by Gasteiger charge is -2.34. The highest BCUT2D eigenvalue weighted by Crippen LogP contribution is 2.48. The molecule has 0 radical (unpaired) electrons. The average Bonchev–Trinajstić information content (AvgIpc) is 3.36. The average molecular weight is 549 g/mol. The molecular weight excluding hydrogens is 527 g/mol. The van der Waals surface area contributed by atoms with Gasteiger partial charge in [-0.2, -0.15) is 5.26 Å². The van der Waals surface area contributed by atoms with Crippen molar-refractivity contribution in [2.75, 3.05) is 25.0 Å². The number of halogens is 2. The molecule has 2 fully saturated rings. The molecule has 1 N–H and O–H groups in total. The van der Waals surface area contributed by atoms with Crippen molar-refractivity contribution in [1.29, 1.82) is 5.26 Å². The fraction of sp³-hybridized carbons (Fsp3) is 0.214. The van der Waals surface area contributed by atoms with Crippen LogP contribution in [-0.4, -0.2) is 58.5 Å². The summed E-state index contributed by atoms with van der Waals surface area (Å²) in [4.78, 5) is 44.6. The van der Waals surface area contributed by atoms with Crippen molar-refractivity contribution < 1.29 is 19.5 Å². The normalized spacial score (nSPS) is 22.2. The molecule has 192 valence electrons. The number of aliphatic carboxylic acids is 1. The first-order valence-electron chi connectivity index (χ1n) is 11.8. The van der Waals surface area contributed by atoms with Gasteiger partial charge in [0, 0.05) is 36.1 Å². The standard InChI is InChI=1S/C28H22Cl2N4O4/c1-32-27(38)34(22-12-20(29)11-21(30)13-22)26(37)28(32)16-33(24(25(35)36)19-5-3-2-4-6-19)15-23(28)18-9-7-17(14-31)8-10-18/h2-13,23-24H,15-16H2,1H3,(H,35,36). The van der Waals surface area contributed by atoms with Gasteiger partial charge in [0.1, 0.15) is 11.6 Å². The lowest BCUT2D eigenvalue weighted by atomic mass is 9.80. The summed E-state index contributed by atoms with van der Waals surface area (Å²) in [6.45, 7) is 0.167. The van der Waals surface area contributed by atoms with Gasteiger partial charge in [0.15, 0.2) is 0 Å². The van der Waals surface area contributed by atoms with Crippen LogP contribution in [0.25, 0.3) is 0 Å². The fourth-order valence-electron chi connectivity index (χ4n) is 5.58. The van der Waals surface area contributed by atoms with Crippen LogP contribution in [0, 0.1) is 11.3 Å². The lowest BCUT2D eigenvalue weighted by Crippen LogP contribution is -2.54. The number of carboxylic acid groups (broad SMARTS) is 1. The van der Waals surface area contributed by atoms with Gasteiger partial charge in [-0.25, -0.2) is 9.69 Å². The number of nitrogens with zero attached hydrogens (tertiary/aromatic N) is 4. The summed E-state index contributed by atoms with van der Waals surface area (Å²) in [5.41, 5.74) is 0.540. The van der Waals surface area contributed by atoms with Gasteiger partial charge in [-0.05, 0) is 41.5 Å². The molecule has 10 heteroatoms. The highest BCUT2D eigenvalue weighted by atomic mass is 35.5. The maximum Gasteiger partial charge on any atom is 0.332 e. The second kappa shape index (κ2) is 9.76. The summed E-state index contributed by atoms with van der Waals surface area (Å²) >= 11 is 12.4. The monoisotopic (exact) mass is 548 g/mol. The van der Waals surface area contributed by atoms with Crippen LogP contribution in [0.1, 0.15) is 28.7 Å². The van der Waals surface area contributed by atoms with Crippen molar-refractivity contribution >= 4 is 46.8 Å². The smallest absolute Gasteiger partial charge is 0.332 e. The van der Waals surface area contributed by atoms with Crippen molar-refractivity contribution in [1.82, 2.24) is 9.80 Å². The number of urea groups is 1. The van der Waals surface area contributed by atoms with Gasteiger partial charge in [0.05, 0.1) is 17.3 Å². The molecule has 5 rings (SSSR count). The van der Waals surface area contributed by atoms with Crippen LogP contribution in [0.5, 0.6) is 0 Å². The highest BCUT2D eigenvalue weighted by Gasteiger charge is 2.65. The fourth-order valence-corrected chi connectivity index (χ4v) is 6.09. The van der Waals surface area contributed by atoms with E-state index in [2.05, 4.69) is 6.07 Å². The third kappa shape index (κ3) is 4.09. The SMILES string of the molecule is CN1C(=O)N(c2cc(Cl)cc(Cl)c2)C(=O)C12CN(C(C(=O)O)c1ccccc1)CC2c1ccc(C#N)cc1. The van der Waals surface area contributed by atoms with E-state index in [-0.39, 0.29) is 28.8 Å². The molecule has 0 bridgehead atoms. The molecule has 2 heterocycles. The second-order valence-electron chi connectivity index (χ2n) is 9.40. The first-order valence-corrected chi connectivity index (χ1v) is 12.5. The zero-order chi connectivity index (χ0) is 27.2. The molecule has 3 amide bonds. The van der Waals surface area contributed by atoms with Gasteiger partial charge in [-0.15, -0.1) is 0 Å². The number of nitriles is 1. The van der Waals surface area contributed by atoms with Crippen LogP contribution < -0.4 is 4.90 Å². The van der Waals surface area contributed by atoms with Gasteiger partial charge in [-0.1, -0.05) is 65.7 Å². The molecule has 2 aliphatic rings.